The zero-order valence-corrected chi connectivity index (χ0v) is 12.8. The third kappa shape index (κ3) is 2.54. The fraction of sp³-hybridized carbons (Fsp3) is 0.294. The van der Waals surface area contributed by atoms with Gasteiger partial charge in [0.1, 0.15) is 6.04 Å². The molecule has 0 radical (unpaired) electrons. The van der Waals surface area contributed by atoms with Gasteiger partial charge in [-0.25, -0.2) is 0 Å². The summed E-state index contributed by atoms with van der Waals surface area (Å²) in [6, 6.07) is 9.58. The molecule has 2 aliphatic rings. The van der Waals surface area contributed by atoms with Gasteiger partial charge in [0.15, 0.2) is 0 Å². The van der Waals surface area contributed by atoms with Crippen molar-refractivity contribution in [1.82, 2.24) is 4.90 Å². The highest BCUT2D eigenvalue weighted by atomic mass is 35.5. The van der Waals surface area contributed by atoms with Gasteiger partial charge in [-0.3, -0.25) is 9.79 Å². The van der Waals surface area contributed by atoms with Crippen LogP contribution in [0, 0.1) is 5.92 Å². The number of amides is 1. The number of allylic oxidation sites excluding steroid dienone is 2. The largest absolute Gasteiger partial charge is 0.336 e. The Kier molecular flexibility index (Phi) is 3.68. The third-order valence-electron chi connectivity index (χ3n) is 4.03. The van der Waals surface area contributed by atoms with Gasteiger partial charge in [-0.2, -0.15) is 0 Å². The summed E-state index contributed by atoms with van der Waals surface area (Å²) in [6.07, 6.45) is 5.83. The van der Waals surface area contributed by atoms with Crippen molar-refractivity contribution in [3.8, 4) is 0 Å². The number of hydrogen-bond acceptors (Lipinski definition) is 2. The highest BCUT2D eigenvalue weighted by molar-refractivity contribution is 6.31. The fourth-order valence-corrected chi connectivity index (χ4v) is 3.12. The number of halogens is 1. The molecular formula is C17H17ClN2O. The van der Waals surface area contributed by atoms with Gasteiger partial charge >= 0.3 is 0 Å². The Hall–Kier alpha value is -1.87. The smallest absolute Gasteiger partial charge is 0.247 e. The van der Waals surface area contributed by atoms with Crippen LogP contribution in [-0.4, -0.2) is 35.7 Å². The van der Waals surface area contributed by atoms with Crippen molar-refractivity contribution >= 4 is 23.2 Å². The molecule has 3 rings (SSSR count). The quantitative estimate of drug-likeness (QED) is 0.785. The van der Waals surface area contributed by atoms with E-state index in [0.29, 0.717) is 5.03 Å². The van der Waals surface area contributed by atoms with E-state index in [2.05, 4.69) is 4.99 Å². The normalized spacial score (nSPS) is 28.6. The van der Waals surface area contributed by atoms with Crippen molar-refractivity contribution in [2.75, 3.05) is 7.05 Å². The monoisotopic (exact) mass is 300 g/mol. The molecular weight excluding hydrogens is 284 g/mol. The first-order valence-corrected chi connectivity index (χ1v) is 7.41. The van der Waals surface area contributed by atoms with Gasteiger partial charge in [0.05, 0.1) is 11.8 Å². The van der Waals surface area contributed by atoms with E-state index in [0.717, 1.165) is 11.3 Å². The van der Waals surface area contributed by atoms with Gasteiger partial charge in [-0.05, 0) is 18.6 Å². The Bertz CT molecular complexity index is 648. The van der Waals surface area contributed by atoms with Crippen LogP contribution in [0.3, 0.4) is 0 Å². The van der Waals surface area contributed by atoms with E-state index >= 15 is 0 Å². The number of benzene rings is 1. The lowest BCUT2D eigenvalue weighted by molar-refractivity contribution is -0.132. The minimum Gasteiger partial charge on any atom is -0.336 e. The molecule has 0 fully saturated rings. The van der Waals surface area contributed by atoms with Crippen LogP contribution in [-0.2, 0) is 4.79 Å². The zero-order valence-electron chi connectivity index (χ0n) is 12.0. The number of rotatable bonds is 1. The van der Waals surface area contributed by atoms with Gasteiger partial charge in [0.25, 0.3) is 0 Å². The third-order valence-corrected chi connectivity index (χ3v) is 4.28. The first kappa shape index (κ1) is 14.1. The number of nitrogens with zero attached hydrogens (tertiary/aromatic N) is 2. The molecule has 3 nitrogen and oxygen atoms in total. The molecule has 21 heavy (non-hydrogen) atoms. The number of hydrogen-bond donors (Lipinski definition) is 0. The number of carbonyl (C=O) groups is 1. The van der Waals surface area contributed by atoms with Crippen molar-refractivity contribution in [3.63, 3.8) is 0 Å². The van der Waals surface area contributed by atoms with Gasteiger partial charge in [0.2, 0.25) is 5.91 Å². The highest BCUT2D eigenvalue weighted by Gasteiger charge is 2.36. The molecule has 0 aromatic heterocycles. The second-order valence-electron chi connectivity index (χ2n) is 5.43. The lowest BCUT2D eigenvalue weighted by atomic mass is 9.86. The molecule has 3 unspecified atom stereocenters. The van der Waals surface area contributed by atoms with Crippen LogP contribution in [0.15, 0.2) is 58.6 Å². The molecule has 1 aromatic rings. The molecule has 4 heteroatoms. The van der Waals surface area contributed by atoms with Crippen molar-refractivity contribution in [2.24, 2.45) is 10.9 Å². The molecule has 1 aromatic carbocycles. The number of aliphatic imine (C=N–C) groups is 1. The van der Waals surface area contributed by atoms with Crippen LogP contribution in [0.4, 0.5) is 0 Å². The van der Waals surface area contributed by atoms with Gasteiger partial charge in [0, 0.05) is 18.0 Å². The maximum absolute atomic E-state index is 12.4. The Balaban J connectivity index is 2.13. The second-order valence-corrected chi connectivity index (χ2v) is 5.87. The maximum Gasteiger partial charge on any atom is 0.247 e. The van der Waals surface area contributed by atoms with E-state index in [4.69, 9.17) is 11.6 Å². The summed E-state index contributed by atoms with van der Waals surface area (Å²) in [5.74, 6) is 0.0239. The van der Waals surface area contributed by atoms with Crippen molar-refractivity contribution in [2.45, 2.75) is 19.0 Å². The Morgan fingerprint density at radius 1 is 1.24 bits per heavy atom. The lowest BCUT2D eigenvalue weighted by Crippen LogP contribution is -2.43. The van der Waals surface area contributed by atoms with E-state index in [9.17, 15) is 4.79 Å². The van der Waals surface area contributed by atoms with Gasteiger partial charge < -0.3 is 4.90 Å². The van der Waals surface area contributed by atoms with Crippen molar-refractivity contribution in [3.05, 3.63) is 59.2 Å². The first-order valence-electron chi connectivity index (χ1n) is 7.03. The van der Waals surface area contributed by atoms with Crippen LogP contribution >= 0.6 is 11.6 Å². The van der Waals surface area contributed by atoms with Crippen LogP contribution in [0.2, 0.25) is 0 Å². The van der Waals surface area contributed by atoms with Crippen LogP contribution < -0.4 is 0 Å². The summed E-state index contributed by atoms with van der Waals surface area (Å²) in [4.78, 5) is 18.8. The molecule has 1 aliphatic carbocycles. The number of likely N-dealkylation sites (N-methyl/N-ethyl adjacent to an activating group) is 1. The van der Waals surface area contributed by atoms with E-state index in [-0.39, 0.29) is 23.9 Å². The standard InChI is InChI=1S/C17H17ClN2O/c1-11-17(21)20(2)15-9-8-13(18)10-14(15)16(19-11)12-6-4-3-5-7-12/h3-11,14-15H,1-2H3. The molecule has 108 valence electrons. The van der Waals surface area contributed by atoms with E-state index < -0.39 is 0 Å². The highest BCUT2D eigenvalue weighted by Crippen LogP contribution is 2.30. The van der Waals surface area contributed by atoms with Crippen molar-refractivity contribution < 1.29 is 4.79 Å². The summed E-state index contributed by atoms with van der Waals surface area (Å²) in [5.41, 5.74) is 1.96. The molecule has 0 saturated carbocycles. The van der Waals surface area contributed by atoms with Gasteiger partial charge in [-0.1, -0.05) is 54.1 Å². The minimum absolute atomic E-state index is 0.0104. The van der Waals surface area contributed by atoms with E-state index in [1.54, 1.807) is 4.90 Å². The van der Waals surface area contributed by atoms with Crippen LogP contribution in [0.25, 0.3) is 0 Å². The topological polar surface area (TPSA) is 32.7 Å². The lowest BCUT2D eigenvalue weighted by Gasteiger charge is -2.31. The molecule has 0 bridgehead atoms. The summed E-state index contributed by atoms with van der Waals surface area (Å²) in [5, 5.41) is 0.690. The van der Waals surface area contributed by atoms with Gasteiger partial charge in [-0.15, -0.1) is 0 Å². The van der Waals surface area contributed by atoms with Crippen LogP contribution in [0.1, 0.15) is 12.5 Å². The molecule has 1 heterocycles. The van der Waals surface area contributed by atoms with Crippen molar-refractivity contribution in [1.29, 1.82) is 0 Å². The summed E-state index contributed by atoms with van der Waals surface area (Å²) < 4.78 is 0. The fourth-order valence-electron chi connectivity index (χ4n) is 2.91. The summed E-state index contributed by atoms with van der Waals surface area (Å²) >= 11 is 6.18. The minimum atomic E-state index is -0.378. The Morgan fingerprint density at radius 2 is 1.95 bits per heavy atom. The SMILES string of the molecule is CC1N=C(c2ccccc2)C2C=C(Cl)C=CC2N(C)C1=O. The summed E-state index contributed by atoms with van der Waals surface area (Å²) in [7, 11) is 1.83. The summed E-state index contributed by atoms with van der Waals surface area (Å²) in [6.45, 7) is 1.84. The predicted molar refractivity (Wildman–Crippen MR) is 85.6 cm³/mol. The number of fused-ring (bicyclic) bond motifs is 1. The maximum atomic E-state index is 12.4. The second kappa shape index (κ2) is 5.49. The molecule has 3 atom stereocenters. The molecule has 0 N–H and O–H groups in total. The number of carbonyl (C=O) groups excluding carboxylic acids is 1. The average molecular weight is 301 g/mol. The molecule has 1 amide bonds. The average Bonchev–Trinajstić information content (AvgIpc) is 2.59. The molecule has 1 aliphatic heterocycles. The van der Waals surface area contributed by atoms with E-state index in [1.807, 2.05) is 62.5 Å². The molecule has 0 saturated heterocycles. The molecule has 0 spiro atoms. The Labute approximate surface area is 129 Å². The van der Waals surface area contributed by atoms with Crippen LogP contribution in [0.5, 0.6) is 0 Å². The van der Waals surface area contributed by atoms with E-state index in [1.165, 1.54) is 0 Å². The Morgan fingerprint density at radius 3 is 2.67 bits per heavy atom. The first-order chi connectivity index (χ1) is 10.1. The predicted octanol–water partition coefficient (Wildman–Crippen LogP) is 3.01. The zero-order chi connectivity index (χ0) is 15.0.